The Morgan fingerprint density at radius 3 is 2.85 bits per heavy atom. The van der Waals surface area contributed by atoms with Gasteiger partial charge in [0, 0.05) is 45.7 Å². The molecule has 2 bridgehead atoms. The number of nitrogens with zero attached hydrogens (tertiary/aromatic N) is 4. The van der Waals surface area contributed by atoms with Gasteiger partial charge in [-0.1, -0.05) is 30.5 Å². The number of rotatable bonds is 6. The molecule has 214 valence electrons. The monoisotopic (exact) mass is 577 g/mol. The molecular formula is C28H32ClN9O3. The molecule has 2 amide bonds. The van der Waals surface area contributed by atoms with Gasteiger partial charge in [-0.15, -0.1) is 0 Å². The van der Waals surface area contributed by atoms with Gasteiger partial charge in [0.25, 0.3) is 0 Å². The molecule has 1 aliphatic rings. The second-order valence-electron chi connectivity index (χ2n) is 9.29. The van der Waals surface area contributed by atoms with Crippen molar-refractivity contribution in [1.82, 2.24) is 15.5 Å². The number of carbonyl (C=O) groups is 2. The zero-order valence-corrected chi connectivity index (χ0v) is 23.3. The van der Waals surface area contributed by atoms with Crippen LogP contribution in [0.1, 0.15) is 43.0 Å². The summed E-state index contributed by atoms with van der Waals surface area (Å²) in [5.74, 6) is 10.9. The summed E-state index contributed by atoms with van der Waals surface area (Å²) in [6.45, 7) is 0.745. The van der Waals surface area contributed by atoms with E-state index in [1.807, 2.05) is 18.2 Å². The lowest BCUT2D eigenvalue weighted by Crippen LogP contribution is -2.30. The molecule has 1 aromatic heterocycles. The first-order valence-corrected chi connectivity index (χ1v) is 13.4. The Kier molecular flexibility index (Phi) is 10.1. The van der Waals surface area contributed by atoms with E-state index in [1.54, 1.807) is 36.5 Å². The fourth-order valence-electron chi connectivity index (χ4n) is 4.47. The smallest absolute Gasteiger partial charge is 0.411 e. The summed E-state index contributed by atoms with van der Waals surface area (Å²) in [7, 11) is 1.32. The van der Waals surface area contributed by atoms with Crippen molar-refractivity contribution in [2.24, 2.45) is 16.8 Å². The lowest BCUT2D eigenvalue weighted by atomic mass is 9.99. The van der Waals surface area contributed by atoms with Gasteiger partial charge >= 0.3 is 6.09 Å². The Hall–Kier alpha value is -4.68. The molecule has 0 fully saturated rings. The first kappa shape index (κ1) is 29.3. The van der Waals surface area contributed by atoms with Crippen molar-refractivity contribution in [2.75, 3.05) is 29.3 Å². The number of nitrogens with two attached hydrogens (primary N) is 2. The minimum Gasteiger partial charge on any atom is -0.453 e. The summed E-state index contributed by atoms with van der Waals surface area (Å²) < 4.78 is 4.71. The maximum atomic E-state index is 13.1. The number of hydrogen-bond donors (Lipinski definition) is 5. The molecular weight excluding hydrogens is 546 g/mol. The third-order valence-corrected chi connectivity index (χ3v) is 6.70. The van der Waals surface area contributed by atoms with E-state index in [2.05, 4.69) is 31.2 Å². The number of hydrazine groups is 1. The van der Waals surface area contributed by atoms with E-state index in [4.69, 9.17) is 28.0 Å². The third-order valence-electron chi connectivity index (χ3n) is 6.47. The fraction of sp³-hybridized carbons (Fsp3) is 0.250. The summed E-state index contributed by atoms with van der Waals surface area (Å²) in [5.41, 5.74) is 4.98. The van der Waals surface area contributed by atoms with Crippen LogP contribution in [0.25, 0.3) is 17.2 Å². The van der Waals surface area contributed by atoms with Crippen LogP contribution in [0.2, 0.25) is 5.02 Å². The first-order valence-electron chi connectivity index (χ1n) is 13.0. The molecule has 12 nitrogen and oxygen atoms in total. The van der Waals surface area contributed by atoms with Crippen molar-refractivity contribution in [3.63, 3.8) is 0 Å². The lowest BCUT2D eigenvalue weighted by molar-refractivity contribution is -0.117. The molecule has 0 aliphatic carbocycles. The number of anilines is 3. The van der Waals surface area contributed by atoms with Gasteiger partial charge in [-0.3, -0.25) is 15.1 Å². The van der Waals surface area contributed by atoms with Gasteiger partial charge in [0.1, 0.15) is 6.34 Å². The quantitative estimate of drug-likeness (QED) is 0.0934. The number of methoxy groups -OCH3 is 1. The number of halogens is 1. The highest BCUT2D eigenvalue weighted by Crippen LogP contribution is 2.33. The Morgan fingerprint density at radius 2 is 2.05 bits per heavy atom. The average molecular weight is 578 g/mol. The highest BCUT2D eigenvalue weighted by molar-refractivity contribution is 6.30. The van der Waals surface area contributed by atoms with Gasteiger partial charge in [-0.2, -0.15) is 15.3 Å². The van der Waals surface area contributed by atoms with Gasteiger partial charge in [0.05, 0.1) is 30.7 Å². The molecule has 3 aromatic rings. The highest BCUT2D eigenvalue weighted by Gasteiger charge is 2.19. The van der Waals surface area contributed by atoms with E-state index in [9.17, 15) is 9.59 Å². The van der Waals surface area contributed by atoms with E-state index in [0.717, 1.165) is 42.6 Å². The minimum atomic E-state index is -0.546. The van der Waals surface area contributed by atoms with Crippen LogP contribution < -0.4 is 32.6 Å². The summed E-state index contributed by atoms with van der Waals surface area (Å²) in [5, 5.41) is 23.0. The number of fused-ring (bicyclic) bond motifs is 4. The van der Waals surface area contributed by atoms with Crippen molar-refractivity contribution in [3.8, 4) is 11.1 Å². The predicted molar refractivity (Wildman–Crippen MR) is 161 cm³/mol. The second kappa shape index (κ2) is 14.1. The number of nitrogens with one attached hydrogen (secondary N) is 3. The molecule has 13 heteroatoms. The van der Waals surface area contributed by atoms with Crippen LogP contribution in [0.5, 0.6) is 0 Å². The molecule has 41 heavy (non-hydrogen) atoms. The van der Waals surface area contributed by atoms with E-state index in [1.165, 1.54) is 24.5 Å². The maximum Gasteiger partial charge on any atom is 0.411 e. The molecule has 0 saturated heterocycles. The van der Waals surface area contributed by atoms with Crippen molar-refractivity contribution >= 4 is 53.1 Å². The lowest BCUT2D eigenvalue weighted by Gasteiger charge is -2.20. The maximum absolute atomic E-state index is 13.1. The van der Waals surface area contributed by atoms with E-state index >= 15 is 0 Å². The topological polar surface area (TPSA) is 173 Å². The van der Waals surface area contributed by atoms with Gasteiger partial charge < -0.3 is 21.2 Å². The molecule has 2 aromatic carbocycles. The fourth-order valence-corrected chi connectivity index (χ4v) is 4.65. The van der Waals surface area contributed by atoms with Crippen molar-refractivity contribution in [3.05, 3.63) is 71.0 Å². The molecule has 2 heterocycles. The van der Waals surface area contributed by atoms with E-state index in [0.29, 0.717) is 34.1 Å². The van der Waals surface area contributed by atoms with Crippen LogP contribution in [-0.2, 0) is 9.53 Å². The van der Waals surface area contributed by atoms with Crippen LogP contribution in [-0.4, -0.2) is 42.2 Å². The molecule has 1 unspecified atom stereocenters. The Labute approximate surface area is 242 Å². The van der Waals surface area contributed by atoms with Gasteiger partial charge in [0.15, 0.2) is 0 Å². The molecule has 0 radical (unpaired) electrons. The van der Waals surface area contributed by atoms with Crippen LogP contribution in [0.4, 0.5) is 21.9 Å². The molecule has 4 rings (SSSR count). The molecule has 0 saturated carbocycles. The van der Waals surface area contributed by atoms with Crippen LogP contribution >= 0.6 is 11.6 Å². The summed E-state index contributed by atoms with van der Waals surface area (Å²) in [6.07, 6.45) is 8.86. The van der Waals surface area contributed by atoms with Gasteiger partial charge in [-0.05, 0) is 55.3 Å². The number of carbonyl (C=O) groups excluding carboxylic acids is 2. The van der Waals surface area contributed by atoms with Crippen LogP contribution in [0, 0.1) is 0 Å². The zero-order chi connectivity index (χ0) is 29.2. The van der Waals surface area contributed by atoms with Crippen LogP contribution in [0.3, 0.4) is 0 Å². The molecule has 0 spiro atoms. The number of benzene rings is 2. The minimum absolute atomic E-state index is 0.308. The number of hydrogen-bond acceptors (Lipinski definition) is 9. The standard InChI is InChI=1S/C28H32ClN9O3/c1-41-28(40)35-21-8-9-22-19-14-25(37-34-16-19)23(5-3-2-4-12-32-24(22)15-21)36-27(39)11-6-18-13-20(29)7-10-26(18)38(31)17-33-30/h6-11,13-17,23,32H,2-5,12,30-31H2,1H3,(H,35,40)(H,36,39)/b11-6+,33-17-. The summed E-state index contributed by atoms with van der Waals surface area (Å²) >= 11 is 6.17. The average Bonchev–Trinajstić information content (AvgIpc) is 2.97. The van der Waals surface area contributed by atoms with Gasteiger partial charge in [0.2, 0.25) is 5.91 Å². The first-order chi connectivity index (χ1) is 19.9. The van der Waals surface area contributed by atoms with Crippen LogP contribution in [0.15, 0.2) is 59.8 Å². The Balaban J connectivity index is 1.59. The Morgan fingerprint density at radius 1 is 1.20 bits per heavy atom. The summed E-state index contributed by atoms with van der Waals surface area (Å²) in [4.78, 5) is 24.8. The van der Waals surface area contributed by atoms with E-state index in [-0.39, 0.29) is 11.9 Å². The molecule has 1 aliphatic heterocycles. The van der Waals surface area contributed by atoms with Crippen molar-refractivity contribution in [1.29, 1.82) is 0 Å². The normalized spacial score (nSPS) is 15.2. The summed E-state index contributed by atoms with van der Waals surface area (Å²) in [6, 6.07) is 12.2. The number of aromatic nitrogens is 2. The number of amides is 2. The van der Waals surface area contributed by atoms with Crippen molar-refractivity contribution in [2.45, 2.75) is 31.7 Å². The molecule has 1 atom stereocenters. The van der Waals surface area contributed by atoms with Crippen molar-refractivity contribution < 1.29 is 14.3 Å². The third kappa shape index (κ3) is 7.93. The number of ether oxygens (including phenoxy) is 1. The number of hydrazone groups is 1. The highest BCUT2D eigenvalue weighted by atomic mass is 35.5. The van der Waals surface area contributed by atoms with E-state index < -0.39 is 6.09 Å². The SMILES string of the molecule is COC(=O)Nc1ccc2c(c1)NCCCCCC(NC(=O)/C=C/c1cc(Cl)ccc1N(N)/C=N\N)c1cc-2cnn1. The molecule has 7 N–H and O–H groups in total. The van der Waals surface area contributed by atoms with Gasteiger partial charge in [-0.25, -0.2) is 10.6 Å². The predicted octanol–water partition coefficient (Wildman–Crippen LogP) is 4.41. The second-order valence-corrected chi connectivity index (χ2v) is 9.73. The largest absolute Gasteiger partial charge is 0.453 e. The zero-order valence-electron chi connectivity index (χ0n) is 22.5. The Bertz CT molecular complexity index is 1450.